The van der Waals surface area contributed by atoms with E-state index in [2.05, 4.69) is 20.9 Å². The summed E-state index contributed by atoms with van der Waals surface area (Å²) in [5.41, 5.74) is 1.91. The van der Waals surface area contributed by atoms with Gasteiger partial charge >= 0.3 is 18.2 Å². The van der Waals surface area contributed by atoms with Crippen molar-refractivity contribution in [2.45, 2.75) is 70.7 Å². The Hall–Kier alpha value is -4.54. The number of hydrogen-bond acceptors (Lipinski definition) is 7. The minimum Gasteiger partial charge on any atom is -0.467 e. The van der Waals surface area contributed by atoms with Gasteiger partial charge in [0.2, 0.25) is 5.91 Å². The highest BCUT2D eigenvalue weighted by atomic mass is 16.6. The number of H-pyrrole nitrogens is 1. The maximum atomic E-state index is 13.5. The maximum Gasteiger partial charge on any atom is 0.408 e. The number of carbonyl (C=O) groups is 4. The number of rotatable bonds is 13. The summed E-state index contributed by atoms with van der Waals surface area (Å²) in [5, 5.41) is 8.98. The molecule has 0 spiro atoms. The van der Waals surface area contributed by atoms with Crippen LogP contribution in [-0.2, 0) is 36.8 Å². The van der Waals surface area contributed by atoms with Gasteiger partial charge in [-0.25, -0.2) is 14.4 Å². The monoisotopic (exact) mass is 580 g/mol. The zero-order chi connectivity index (χ0) is 30.5. The second-order valence-electron chi connectivity index (χ2n) is 10.8. The Morgan fingerprint density at radius 2 is 1.60 bits per heavy atom. The molecule has 0 fully saturated rings. The van der Waals surface area contributed by atoms with Crippen LogP contribution in [0.2, 0.25) is 0 Å². The highest BCUT2D eigenvalue weighted by Crippen LogP contribution is 2.19. The number of fused-ring (bicyclic) bond motifs is 1. The van der Waals surface area contributed by atoms with Crippen LogP contribution >= 0.6 is 0 Å². The van der Waals surface area contributed by atoms with E-state index in [4.69, 9.17) is 14.2 Å². The number of unbranched alkanes of at least 4 members (excludes halogenated alkanes) is 1. The summed E-state index contributed by atoms with van der Waals surface area (Å²) in [5.74, 6) is -1.17. The highest BCUT2D eigenvalue weighted by Gasteiger charge is 2.28. The first-order chi connectivity index (χ1) is 20.1. The van der Waals surface area contributed by atoms with Crippen LogP contribution in [0, 0.1) is 0 Å². The second kappa shape index (κ2) is 15.5. The van der Waals surface area contributed by atoms with Gasteiger partial charge in [-0.2, -0.15) is 0 Å². The smallest absolute Gasteiger partial charge is 0.408 e. The molecule has 1 heterocycles. The Morgan fingerprint density at radius 3 is 2.31 bits per heavy atom. The topological polar surface area (TPSA) is 148 Å². The predicted octanol–water partition coefficient (Wildman–Crippen LogP) is 4.36. The van der Waals surface area contributed by atoms with Crippen molar-refractivity contribution in [2.24, 2.45) is 0 Å². The van der Waals surface area contributed by atoms with Crippen molar-refractivity contribution in [2.75, 3.05) is 13.7 Å². The fourth-order valence-electron chi connectivity index (χ4n) is 4.28. The van der Waals surface area contributed by atoms with Crippen molar-refractivity contribution in [3.63, 3.8) is 0 Å². The van der Waals surface area contributed by atoms with Crippen molar-refractivity contribution in [3.05, 3.63) is 71.9 Å². The lowest BCUT2D eigenvalue weighted by Gasteiger charge is -2.22. The molecule has 0 aliphatic rings. The van der Waals surface area contributed by atoms with E-state index in [9.17, 15) is 19.2 Å². The molecule has 0 aliphatic heterocycles. The average Bonchev–Trinajstić information content (AvgIpc) is 3.36. The lowest BCUT2D eigenvalue weighted by molar-refractivity contribution is -0.145. The highest BCUT2D eigenvalue weighted by molar-refractivity contribution is 5.91. The third-order valence-electron chi connectivity index (χ3n) is 6.31. The van der Waals surface area contributed by atoms with Gasteiger partial charge in [0.1, 0.15) is 24.3 Å². The van der Waals surface area contributed by atoms with Crippen molar-refractivity contribution in [3.8, 4) is 0 Å². The van der Waals surface area contributed by atoms with Gasteiger partial charge in [-0.15, -0.1) is 0 Å². The van der Waals surface area contributed by atoms with Crippen LogP contribution in [0.1, 0.15) is 51.2 Å². The third-order valence-corrected chi connectivity index (χ3v) is 6.31. The van der Waals surface area contributed by atoms with Gasteiger partial charge < -0.3 is 35.1 Å². The van der Waals surface area contributed by atoms with Crippen LogP contribution in [0.25, 0.3) is 10.9 Å². The van der Waals surface area contributed by atoms with Crippen LogP contribution in [-0.4, -0.2) is 60.4 Å². The normalized spacial score (nSPS) is 12.6. The molecular formula is C31H40N4O7. The molecule has 2 atom stereocenters. The molecule has 11 heteroatoms. The summed E-state index contributed by atoms with van der Waals surface area (Å²) >= 11 is 0. The molecule has 0 bridgehead atoms. The molecule has 42 heavy (non-hydrogen) atoms. The minimum absolute atomic E-state index is 0.0379. The number of hydrogen-bond donors (Lipinski definition) is 4. The molecule has 0 aliphatic carbocycles. The molecule has 3 amide bonds. The van der Waals surface area contributed by atoms with E-state index in [0.717, 1.165) is 22.0 Å². The number of aromatic nitrogens is 1. The number of nitrogens with one attached hydrogen (secondary N) is 4. The quantitative estimate of drug-likeness (QED) is 0.133. The zero-order valence-corrected chi connectivity index (χ0v) is 24.5. The van der Waals surface area contributed by atoms with E-state index in [-0.39, 0.29) is 19.4 Å². The Kier molecular flexibility index (Phi) is 11.8. The van der Waals surface area contributed by atoms with E-state index >= 15 is 0 Å². The van der Waals surface area contributed by atoms with E-state index < -0.39 is 41.7 Å². The lowest BCUT2D eigenvalue weighted by atomic mass is 10.0. The van der Waals surface area contributed by atoms with Crippen LogP contribution in [0.3, 0.4) is 0 Å². The fraction of sp³-hybridized carbons (Fsp3) is 0.419. The van der Waals surface area contributed by atoms with E-state index in [1.54, 1.807) is 27.0 Å². The van der Waals surface area contributed by atoms with E-state index in [0.29, 0.717) is 19.4 Å². The number of alkyl carbamates (subject to hydrolysis) is 2. The number of amides is 3. The summed E-state index contributed by atoms with van der Waals surface area (Å²) in [4.78, 5) is 53.8. The Morgan fingerprint density at radius 1 is 0.881 bits per heavy atom. The molecule has 0 radical (unpaired) electrons. The van der Waals surface area contributed by atoms with Crippen molar-refractivity contribution in [1.29, 1.82) is 0 Å². The van der Waals surface area contributed by atoms with E-state index in [1.165, 1.54) is 7.11 Å². The second-order valence-corrected chi connectivity index (χ2v) is 10.8. The van der Waals surface area contributed by atoms with Gasteiger partial charge in [0.05, 0.1) is 7.11 Å². The lowest BCUT2D eigenvalue weighted by Crippen LogP contribution is -2.52. The molecule has 0 saturated heterocycles. The van der Waals surface area contributed by atoms with Gasteiger partial charge in [0.15, 0.2) is 0 Å². The SMILES string of the molecule is COC(=O)[C@@H](CCCCNC(=O)OC(C)(C)C)NC(=O)[C@@H](Cc1c[nH]c2ccccc12)NC(=O)OCc1ccccc1. The molecule has 2 aromatic carbocycles. The first kappa shape index (κ1) is 32.0. The predicted molar refractivity (Wildman–Crippen MR) is 158 cm³/mol. The van der Waals surface area contributed by atoms with Crippen LogP contribution < -0.4 is 16.0 Å². The number of benzene rings is 2. The summed E-state index contributed by atoms with van der Waals surface area (Å²) in [7, 11) is 1.24. The fourth-order valence-corrected chi connectivity index (χ4v) is 4.28. The largest absolute Gasteiger partial charge is 0.467 e. The number of aromatic amines is 1. The van der Waals surface area contributed by atoms with Crippen molar-refractivity contribution >= 4 is 35.0 Å². The van der Waals surface area contributed by atoms with E-state index in [1.807, 2.05) is 54.6 Å². The molecule has 226 valence electrons. The number of ether oxygens (including phenoxy) is 3. The summed E-state index contributed by atoms with van der Waals surface area (Å²) in [6, 6.07) is 14.8. The van der Waals surface area contributed by atoms with Crippen molar-refractivity contribution < 1.29 is 33.4 Å². The standard InChI is InChI=1S/C31H40N4O7/c1-31(2,3)42-29(38)32-17-11-10-16-25(28(37)40-4)34-27(36)26(18-22-19-33-24-15-9-8-14-23(22)24)35-30(39)41-20-21-12-6-5-7-13-21/h5-9,12-15,19,25-26,33H,10-11,16-18,20H2,1-4H3,(H,32,38)(H,34,36)(H,35,39)/t25-,26-/m1/s1. The van der Waals surface area contributed by atoms with Crippen LogP contribution in [0.5, 0.6) is 0 Å². The summed E-state index contributed by atoms with van der Waals surface area (Å²) in [6.07, 6.45) is 1.99. The van der Waals surface area contributed by atoms with Gasteiger partial charge in [0.25, 0.3) is 0 Å². The summed E-state index contributed by atoms with van der Waals surface area (Å²) in [6.45, 7) is 5.71. The number of methoxy groups -OCH3 is 1. The van der Waals surface area contributed by atoms with Gasteiger partial charge in [-0.1, -0.05) is 48.5 Å². The first-order valence-corrected chi connectivity index (χ1v) is 13.9. The van der Waals surface area contributed by atoms with Gasteiger partial charge in [0, 0.05) is 30.1 Å². The van der Waals surface area contributed by atoms with Gasteiger partial charge in [-0.05, 0) is 57.2 Å². The maximum absolute atomic E-state index is 13.5. The molecular weight excluding hydrogens is 540 g/mol. The molecule has 4 N–H and O–H groups in total. The third kappa shape index (κ3) is 10.5. The van der Waals surface area contributed by atoms with Crippen LogP contribution in [0.15, 0.2) is 60.8 Å². The van der Waals surface area contributed by atoms with Crippen molar-refractivity contribution in [1.82, 2.24) is 20.9 Å². The molecule has 3 aromatic rings. The van der Waals surface area contributed by atoms with Crippen LogP contribution in [0.4, 0.5) is 9.59 Å². The number of para-hydroxylation sites is 1. The number of carbonyl (C=O) groups excluding carboxylic acids is 4. The molecule has 0 saturated carbocycles. The number of esters is 1. The minimum atomic E-state index is -1.03. The zero-order valence-electron chi connectivity index (χ0n) is 24.5. The van der Waals surface area contributed by atoms with Gasteiger partial charge in [-0.3, -0.25) is 4.79 Å². The summed E-state index contributed by atoms with van der Waals surface area (Å²) < 4.78 is 15.5. The Labute approximate surface area is 245 Å². The molecule has 11 nitrogen and oxygen atoms in total. The first-order valence-electron chi connectivity index (χ1n) is 13.9. The Bertz CT molecular complexity index is 1330. The Balaban J connectivity index is 1.64. The molecule has 0 unspecified atom stereocenters. The molecule has 3 rings (SSSR count). The molecule has 1 aromatic heterocycles. The average molecular weight is 581 g/mol.